The van der Waals surface area contributed by atoms with Crippen molar-refractivity contribution >= 4 is 5.69 Å². The molecular weight excluding hydrogens is 304 g/mol. The SMILES string of the molecule is CC.CO.COc1ccc(-c2nc(-c3cccc(N)c3)n[nH]2)cc1. The fourth-order valence-corrected chi connectivity index (χ4v) is 1.95. The maximum absolute atomic E-state index is 7.00. The van der Waals surface area contributed by atoms with Crippen molar-refractivity contribution in [3.8, 4) is 28.5 Å². The Hall–Kier alpha value is -2.86. The molecule has 6 nitrogen and oxygen atoms in total. The molecule has 0 aliphatic rings. The van der Waals surface area contributed by atoms with Gasteiger partial charge in [-0.15, -0.1) is 0 Å². The highest BCUT2D eigenvalue weighted by molar-refractivity contribution is 5.64. The highest BCUT2D eigenvalue weighted by Gasteiger charge is 2.08. The van der Waals surface area contributed by atoms with E-state index in [-0.39, 0.29) is 0 Å². The van der Waals surface area contributed by atoms with Gasteiger partial charge in [-0.25, -0.2) is 4.98 Å². The van der Waals surface area contributed by atoms with E-state index in [0.29, 0.717) is 17.3 Å². The van der Waals surface area contributed by atoms with Crippen molar-refractivity contribution in [3.05, 3.63) is 48.5 Å². The number of hydrogen-bond donors (Lipinski definition) is 3. The topological polar surface area (TPSA) is 97.1 Å². The Morgan fingerprint density at radius 2 is 1.67 bits per heavy atom. The number of benzene rings is 2. The van der Waals surface area contributed by atoms with Crippen molar-refractivity contribution in [1.82, 2.24) is 15.2 Å². The van der Waals surface area contributed by atoms with Crippen LogP contribution in [0.5, 0.6) is 5.75 Å². The van der Waals surface area contributed by atoms with Crippen LogP contribution in [-0.4, -0.2) is 34.5 Å². The normalized spacial score (nSPS) is 9.21. The zero-order chi connectivity index (χ0) is 17.9. The molecule has 3 aromatic rings. The van der Waals surface area contributed by atoms with Crippen molar-refractivity contribution in [3.63, 3.8) is 0 Å². The van der Waals surface area contributed by atoms with E-state index in [1.807, 2.05) is 62.4 Å². The molecule has 0 atom stereocenters. The minimum atomic E-state index is 0.628. The van der Waals surface area contributed by atoms with Crippen LogP contribution in [0.1, 0.15) is 13.8 Å². The lowest BCUT2D eigenvalue weighted by Gasteiger charge is -2.00. The number of aliphatic hydroxyl groups is 1. The summed E-state index contributed by atoms with van der Waals surface area (Å²) in [7, 11) is 2.64. The zero-order valence-corrected chi connectivity index (χ0v) is 14.4. The van der Waals surface area contributed by atoms with E-state index in [1.54, 1.807) is 7.11 Å². The molecule has 0 unspecified atom stereocenters. The van der Waals surface area contributed by atoms with Gasteiger partial charge in [-0.1, -0.05) is 26.0 Å². The van der Waals surface area contributed by atoms with Crippen LogP contribution in [0.4, 0.5) is 5.69 Å². The Bertz CT molecular complexity index is 724. The average molecular weight is 328 g/mol. The third kappa shape index (κ3) is 4.82. The van der Waals surface area contributed by atoms with Gasteiger partial charge in [-0.3, -0.25) is 5.10 Å². The molecule has 0 fully saturated rings. The fourth-order valence-electron chi connectivity index (χ4n) is 1.95. The molecule has 4 N–H and O–H groups in total. The van der Waals surface area contributed by atoms with E-state index in [9.17, 15) is 0 Å². The van der Waals surface area contributed by atoms with Gasteiger partial charge in [0.2, 0.25) is 0 Å². The summed E-state index contributed by atoms with van der Waals surface area (Å²) in [5, 5.41) is 14.2. The number of H-pyrrole nitrogens is 1. The van der Waals surface area contributed by atoms with E-state index in [0.717, 1.165) is 24.0 Å². The quantitative estimate of drug-likeness (QED) is 0.641. The Morgan fingerprint density at radius 3 is 2.25 bits per heavy atom. The summed E-state index contributed by atoms with van der Waals surface area (Å²) in [5.74, 6) is 2.15. The third-order valence-electron chi connectivity index (χ3n) is 2.99. The molecule has 128 valence electrons. The first-order valence-corrected chi connectivity index (χ1v) is 7.64. The van der Waals surface area contributed by atoms with Gasteiger partial charge in [0.25, 0.3) is 0 Å². The summed E-state index contributed by atoms with van der Waals surface area (Å²) in [6, 6.07) is 15.1. The maximum Gasteiger partial charge on any atom is 0.181 e. The molecule has 0 aliphatic heterocycles. The molecule has 0 amide bonds. The molecule has 1 aromatic heterocycles. The van der Waals surface area contributed by atoms with E-state index < -0.39 is 0 Å². The number of aliphatic hydroxyl groups excluding tert-OH is 1. The molecule has 0 bridgehead atoms. The van der Waals surface area contributed by atoms with Crippen molar-refractivity contribution in [2.24, 2.45) is 0 Å². The van der Waals surface area contributed by atoms with Gasteiger partial charge in [0.05, 0.1) is 7.11 Å². The first-order valence-electron chi connectivity index (χ1n) is 7.64. The van der Waals surface area contributed by atoms with Crippen LogP contribution in [0.15, 0.2) is 48.5 Å². The number of nitrogens with two attached hydrogens (primary N) is 1. The summed E-state index contributed by atoms with van der Waals surface area (Å²) in [6.45, 7) is 4.00. The summed E-state index contributed by atoms with van der Waals surface area (Å²) in [6.07, 6.45) is 0. The lowest BCUT2D eigenvalue weighted by molar-refractivity contribution is 0.399. The van der Waals surface area contributed by atoms with E-state index in [4.69, 9.17) is 15.6 Å². The smallest absolute Gasteiger partial charge is 0.181 e. The molecule has 24 heavy (non-hydrogen) atoms. The van der Waals surface area contributed by atoms with Crippen LogP contribution in [0, 0.1) is 0 Å². The van der Waals surface area contributed by atoms with Gasteiger partial charge in [-0.2, -0.15) is 5.10 Å². The van der Waals surface area contributed by atoms with E-state index in [2.05, 4.69) is 15.2 Å². The molecule has 0 saturated heterocycles. The van der Waals surface area contributed by atoms with Crippen LogP contribution in [0.25, 0.3) is 22.8 Å². The standard InChI is InChI=1S/C15H14N4O.C2H6.CH4O/c1-20-13-7-5-10(6-8-13)14-17-15(19-18-14)11-3-2-4-12(16)9-11;2*1-2/h2-9H,16H2,1H3,(H,17,18,19);1-2H3;2H,1H3. The predicted octanol–water partition coefficient (Wildman–Crippen LogP) is 3.36. The zero-order valence-electron chi connectivity index (χ0n) is 14.4. The molecule has 0 aliphatic carbocycles. The molecule has 0 saturated carbocycles. The second-order valence-electron chi connectivity index (χ2n) is 4.36. The van der Waals surface area contributed by atoms with Crippen LogP contribution >= 0.6 is 0 Å². The highest BCUT2D eigenvalue weighted by atomic mass is 16.5. The molecule has 2 aromatic carbocycles. The Morgan fingerprint density at radius 1 is 1.00 bits per heavy atom. The van der Waals surface area contributed by atoms with Crippen LogP contribution < -0.4 is 10.5 Å². The number of aromatic nitrogens is 3. The maximum atomic E-state index is 7.00. The van der Waals surface area contributed by atoms with Gasteiger partial charge in [0.1, 0.15) is 5.75 Å². The molecule has 0 radical (unpaired) electrons. The third-order valence-corrected chi connectivity index (χ3v) is 2.99. The summed E-state index contributed by atoms with van der Waals surface area (Å²) >= 11 is 0. The molecule has 0 spiro atoms. The number of hydrogen-bond acceptors (Lipinski definition) is 5. The second-order valence-corrected chi connectivity index (χ2v) is 4.36. The van der Waals surface area contributed by atoms with Gasteiger partial charge in [0.15, 0.2) is 11.6 Å². The average Bonchev–Trinajstić information content (AvgIpc) is 3.15. The van der Waals surface area contributed by atoms with Gasteiger partial charge in [-0.05, 0) is 36.4 Å². The lowest BCUT2D eigenvalue weighted by atomic mass is 10.2. The van der Waals surface area contributed by atoms with Crippen LogP contribution in [-0.2, 0) is 0 Å². The predicted molar refractivity (Wildman–Crippen MR) is 97.7 cm³/mol. The number of nitrogens with zero attached hydrogens (tertiary/aromatic N) is 2. The molecule has 3 rings (SSSR count). The Labute approximate surface area is 142 Å². The highest BCUT2D eigenvalue weighted by Crippen LogP contribution is 2.22. The lowest BCUT2D eigenvalue weighted by Crippen LogP contribution is -1.86. The van der Waals surface area contributed by atoms with Crippen LogP contribution in [0.3, 0.4) is 0 Å². The fraction of sp³-hybridized carbons (Fsp3) is 0.222. The second kappa shape index (κ2) is 10.0. The molecular formula is C18H24N4O2. The number of anilines is 1. The number of nitrogen functional groups attached to an aromatic ring is 1. The van der Waals surface area contributed by atoms with Gasteiger partial charge < -0.3 is 15.6 Å². The largest absolute Gasteiger partial charge is 0.497 e. The molecule has 6 heteroatoms. The van der Waals surface area contributed by atoms with Crippen molar-refractivity contribution in [1.29, 1.82) is 0 Å². The Kier molecular flexibility index (Phi) is 8.01. The van der Waals surface area contributed by atoms with Gasteiger partial charge >= 0.3 is 0 Å². The van der Waals surface area contributed by atoms with Crippen molar-refractivity contribution in [2.45, 2.75) is 13.8 Å². The minimum Gasteiger partial charge on any atom is -0.497 e. The van der Waals surface area contributed by atoms with E-state index in [1.165, 1.54) is 0 Å². The summed E-state index contributed by atoms with van der Waals surface area (Å²) < 4.78 is 5.13. The number of ether oxygens (including phenoxy) is 1. The minimum absolute atomic E-state index is 0.628. The monoisotopic (exact) mass is 328 g/mol. The van der Waals surface area contributed by atoms with Crippen LogP contribution in [0.2, 0.25) is 0 Å². The number of aromatic amines is 1. The Balaban J connectivity index is 0.000000671. The van der Waals surface area contributed by atoms with Crippen molar-refractivity contribution in [2.75, 3.05) is 20.0 Å². The first kappa shape index (κ1) is 19.2. The number of methoxy groups -OCH3 is 1. The molecule has 1 heterocycles. The van der Waals surface area contributed by atoms with E-state index >= 15 is 0 Å². The number of rotatable bonds is 3. The number of nitrogens with one attached hydrogen (secondary N) is 1. The first-order chi connectivity index (χ1) is 11.8. The van der Waals surface area contributed by atoms with Gasteiger partial charge in [0, 0.05) is 23.9 Å². The summed E-state index contributed by atoms with van der Waals surface area (Å²) in [5.41, 5.74) is 8.30. The van der Waals surface area contributed by atoms with Crippen molar-refractivity contribution < 1.29 is 9.84 Å². The summed E-state index contributed by atoms with van der Waals surface area (Å²) in [4.78, 5) is 4.48.